The average molecular weight is 365 g/mol. The number of pyridine rings is 1. The molecule has 0 atom stereocenters. The lowest BCUT2D eigenvalue weighted by molar-refractivity contribution is 0.780. The van der Waals surface area contributed by atoms with Gasteiger partial charge in [0.1, 0.15) is 11.0 Å². The van der Waals surface area contributed by atoms with Crippen molar-refractivity contribution in [1.82, 2.24) is 20.2 Å². The van der Waals surface area contributed by atoms with Crippen LogP contribution in [0, 0.1) is 0 Å². The van der Waals surface area contributed by atoms with Gasteiger partial charge in [-0.2, -0.15) is 0 Å². The number of thioether (sulfide) groups is 2. The van der Waals surface area contributed by atoms with Gasteiger partial charge in [0, 0.05) is 27.5 Å². The first-order chi connectivity index (χ1) is 11.1. The number of fused-ring (bicyclic) bond motifs is 1. The second-order valence-electron chi connectivity index (χ2n) is 5.44. The largest absolute Gasteiger partial charge is 0.262 e. The topological polar surface area (TPSA) is 54.5 Å². The Bertz CT molecular complexity index is 832. The minimum absolute atomic E-state index is 0.341. The summed E-state index contributed by atoms with van der Waals surface area (Å²) in [6, 6.07) is 8.34. The summed E-state index contributed by atoms with van der Waals surface area (Å²) < 4.78 is 0. The van der Waals surface area contributed by atoms with E-state index in [9.17, 15) is 0 Å². The third kappa shape index (κ3) is 3.82. The summed E-state index contributed by atoms with van der Waals surface area (Å²) in [5.74, 6) is 1.94. The van der Waals surface area contributed by atoms with E-state index in [2.05, 4.69) is 64.5 Å². The molecule has 7 heteroatoms. The van der Waals surface area contributed by atoms with Gasteiger partial charge in [-0.1, -0.05) is 43.3 Å². The first-order valence-electron chi connectivity index (χ1n) is 7.25. The third-order valence-corrected chi connectivity index (χ3v) is 5.39. The van der Waals surface area contributed by atoms with Crippen LogP contribution in [0.2, 0.25) is 5.15 Å². The zero-order valence-electron chi connectivity index (χ0n) is 13.1. The number of hydrogen-bond donors (Lipinski definition) is 1. The van der Waals surface area contributed by atoms with Crippen LogP contribution >= 0.6 is 35.1 Å². The summed E-state index contributed by atoms with van der Waals surface area (Å²) in [6.07, 6.45) is 2.05. The van der Waals surface area contributed by atoms with Crippen LogP contribution in [0.4, 0.5) is 0 Å². The second kappa shape index (κ2) is 7.11. The van der Waals surface area contributed by atoms with Gasteiger partial charge in [-0.05, 0) is 24.5 Å². The van der Waals surface area contributed by atoms with Gasteiger partial charge in [0.25, 0.3) is 0 Å². The number of aromatic nitrogens is 4. The van der Waals surface area contributed by atoms with E-state index >= 15 is 0 Å². The number of halogens is 1. The average Bonchev–Trinajstić information content (AvgIpc) is 3.01. The molecule has 0 aliphatic heterocycles. The summed E-state index contributed by atoms with van der Waals surface area (Å²) in [6.45, 7) is 4.17. The molecule has 4 nitrogen and oxygen atoms in total. The van der Waals surface area contributed by atoms with Gasteiger partial charge in [-0.15, -0.1) is 16.9 Å². The van der Waals surface area contributed by atoms with Crippen molar-refractivity contribution in [2.75, 3.05) is 6.26 Å². The fourth-order valence-corrected chi connectivity index (χ4v) is 3.62. The van der Waals surface area contributed by atoms with E-state index in [0.717, 1.165) is 27.4 Å². The van der Waals surface area contributed by atoms with Crippen LogP contribution in [0.3, 0.4) is 0 Å². The van der Waals surface area contributed by atoms with Crippen molar-refractivity contribution < 1.29 is 0 Å². The molecule has 0 spiro atoms. The summed E-state index contributed by atoms with van der Waals surface area (Å²) in [5.41, 5.74) is 1.92. The molecule has 3 rings (SSSR count). The molecule has 0 bridgehead atoms. The maximum Gasteiger partial charge on any atom is 0.208 e. The predicted octanol–water partition coefficient (Wildman–Crippen LogP) is 5.14. The first-order valence-corrected chi connectivity index (χ1v) is 9.84. The predicted molar refractivity (Wildman–Crippen MR) is 98.6 cm³/mol. The van der Waals surface area contributed by atoms with Crippen molar-refractivity contribution in [3.63, 3.8) is 0 Å². The maximum atomic E-state index is 6.34. The van der Waals surface area contributed by atoms with E-state index in [0.29, 0.717) is 16.8 Å². The Balaban J connectivity index is 1.80. The highest BCUT2D eigenvalue weighted by molar-refractivity contribution is 7.98. The molecule has 1 N–H and O–H groups in total. The van der Waals surface area contributed by atoms with Gasteiger partial charge in [-0.3, -0.25) is 5.10 Å². The van der Waals surface area contributed by atoms with Gasteiger partial charge in [-0.25, -0.2) is 9.97 Å². The van der Waals surface area contributed by atoms with Crippen molar-refractivity contribution in [3.05, 3.63) is 40.8 Å². The van der Waals surface area contributed by atoms with Crippen LogP contribution in [0.15, 0.2) is 34.3 Å². The molecule has 0 radical (unpaired) electrons. The SMILES string of the molecule is CSc1ccc2cc(CSc3n[nH]c(C(C)C)n3)c(Cl)nc2c1. The van der Waals surface area contributed by atoms with Gasteiger partial charge < -0.3 is 0 Å². The molecule has 1 aromatic carbocycles. The molecule has 0 aliphatic rings. The molecule has 0 saturated heterocycles. The molecule has 120 valence electrons. The molecule has 0 fully saturated rings. The quantitative estimate of drug-likeness (QED) is 0.501. The molecule has 0 unspecified atom stereocenters. The number of rotatable bonds is 5. The molecule has 2 aromatic heterocycles. The number of nitrogens with zero attached hydrogens (tertiary/aromatic N) is 3. The van der Waals surface area contributed by atoms with Crippen molar-refractivity contribution in [2.45, 2.75) is 35.6 Å². The van der Waals surface area contributed by atoms with Gasteiger partial charge in [0.15, 0.2) is 0 Å². The molecule has 0 saturated carbocycles. The van der Waals surface area contributed by atoms with Gasteiger partial charge in [0.2, 0.25) is 5.16 Å². The number of hydrogen-bond acceptors (Lipinski definition) is 5. The van der Waals surface area contributed by atoms with E-state index < -0.39 is 0 Å². The minimum atomic E-state index is 0.341. The van der Waals surface area contributed by atoms with Crippen molar-refractivity contribution >= 4 is 46.0 Å². The van der Waals surface area contributed by atoms with Crippen molar-refractivity contribution in [3.8, 4) is 0 Å². The summed E-state index contributed by atoms with van der Waals surface area (Å²) >= 11 is 9.60. The lowest BCUT2D eigenvalue weighted by atomic mass is 10.2. The Kier molecular flexibility index (Phi) is 5.14. The third-order valence-electron chi connectivity index (χ3n) is 3.44. The lowest BCUT2D eigenvalue weighted by Gasteiger charge is -2.06. The Morgan fingerprint density at radius 3 is 2.74 bits per heavy atom. The van der Waals surface area contributed by atoms with Crippen LogP contribution < -0.4 is 0 Å². The minimum Gasteiger partial charge on any atom is -0.262 e. The monoisotopic (exact) mass is 364 g/mol. The van der Waals surface area contributed by atoms with Crippen LogP contribution in [-0.4, -0.2) is 26.4 Å². The molecule has 0 aliphatic carbocycles. The van der Waals surface area contributed by atoms with Crippen LogP contribution in [-0.2, 0) is 5.75 Å². The first kappa shape index (κ1) is 16.6. The Hall–Kier alpha value is -1.24. The van der Waals surface area contributed by atoms with Crippen molar-refractivity contribution in [2.24, 2.45) is 0 Å². The van der Waals surface area contributed by atoms with Gasteiger partial charge in [0.05, 0.1) is 5.52 Å². The van der Waals surface area contributed by atoms with E-state index in [4.69, 9.17) is 11.6 Å². The standard InChI is InChI=1S/C16H17ClN4S2/c1-9(2)15-19-16(21-20-15)23-8-11-6-10-4-5-12(22-3)7-13(10)18-14(11)17/h4-7,9H,8H2,1-3H3,(H,19,20,21). The molecule has 2 heterocycles. The van der Waals surface area contributed by atoms with Crippen LogP contribution in [0.5, 0.6) is 0 Å². The highest BCUT2D eigenvalue weighted by Crippen LogP contribution is 2.28. The number of nitrogens with one attached hydrogen (secondary N) is 1. The van der Waals surface area contributed by atoms with Crippen LogP contribution in [0.1, 0.15) is 31.2 Å². The number of H-pyrrole nitrogens is 1. The molecular formula is C16H17ClN4S2. The highest BCUT2D eigenvalue weighted by atomic mass is 35.5. The van der Waals surface area contributed by atoms with Crippen LogP contribution in [0.25, 0.3) is 10.9 Å². The highest BCUT2D eigenvalue weighted by Gasteiger charge is 2.10. The lowest BCUT2D eigenvalue weighted by Crippen LogP contribution is -1.90. The Morgan fingerprint density at radius 2 is 2.04 bits per heavy atom. The zero-order chi connectivity index (χ0) is 16.4. The second-order valence-corrected chi connectivity index (χ2v) is 7.62. The van der Waals surface area contributed by atoms with E-state index in [1.165, 1.54) is 4.90 Å². The number of aromatic amines is 1. The fraction of sp³-hybridized carbons (Fsp3) is 0.312. The molecule has 0 amide bonds. The van der Waals surface area contributed by atoms with E-state index in [1.807, 2.05) is 0 Å². The fourth-order valence-electron chi connectivity index (χ4n) is 2.12. The van der Waals surface area contributed by atoms with Crippen molar-refractivity contribution in [1.29, 1.82) is 0 Å². The summed E-state index contributed by atoms with van der Waals surface area (Å²) in [7, 11) is 0. The molecule has 23 heavy (non-hydrogen) atoms. The Labute approximate surface area is 148 Å². The maximum absolute atomic E-state index is 6.34. The number of benzene rings is 1. The summed E-state index contributed by atoms with van der Waals surface area (Å²) in [4.78, 5) is 10.2. The Morgan fingerprint density at radius 1 is 1.22 bits per heavy atom. The van der Waals surface area contributed by atoms with Gasteiger partial charge >= 0.3 is 0 Å². The zero-order valence-corrected chi connectivity index (χ0v) is 15.5. The van der Waals surface area contributed by atoms with E-state index in [1.54, 1.807) is 23.5 Å². The van der Waals surface area contributed by atoms with E-state index in [-0.39, 0.29) is 0 Å². The smallest absolute Gasteiger partial charge is 0.208 e. The normalized spacial score (nSPS) is 11.5. The summed E-state index contributed by atoms with van der Waals surface area (Å²) in [5, 5.41) is 9.57. The molecule has 3 aromatic rings. The molecular weight excluding hydrogens is 348 g/mol.